The molecule has 1 aromatic rings. The first-order valence-electron chi connectivity index (χ1n) is 11.2. The van der Waals surface area contributed by atoms with E-state index in [2.05, 4.69) is 10.0 Å². The van der Waals surface area contributed by atoms with Crippen molar-refractivity contribution in [1.29, 1.82) is 0 Å². The Labute approximate surface area is 203 Å². The molecule has 1 aromatic carbocycles. The number of hydroxylamine groups is 2. The fourth-order valence-electron chi connectivity index (χ4n) is 3.36. The zero-order chi connectivity index (χ0) is 25.8. The van der Waals surface area contributed by atoms with Gasteiger partial charge in [0.05, 0.1) is 19.6 Å². The lowest BCUT2D eigenvalue weighted by molar-refractivity contribution is -0.197. The Morgan fingerprint density at radius 2 is 1.80 bits per heavy atom. The molecule has 1 atom stereocenters. The Morgan fingerprint density at radius 1 is 1.14 bits per heavy atom. The summed E-state index contributed by atoms with van der Waals surface area (Å²) in [7, 11) is -1.40. The lowest BCUT2D eigenvalue weighted by Crippen LogP contribution is -2.32. The molecule has 1 aliphatic heterocycles. The van der Waals surface area contributed by atoms with Crippen molar-refractivity contribution in [2.75, 3.05) is 45.7 Å². The first kappa shape index (κ1) is 28.2. The Morgan fingerprint density at radius 3 is 2.40 bits per heavy atom. The highest BCUT2D eigenvalue weighted by Gasteiger charge is 2.34. The number of carbonyl (C=O) groups is 4. The Bertz CT molecular complexity index is 1010. The molecule has 1 saturated heterocycles. The van der Waals surface area contributed by atoms with Crippen LogP contribution >= 0.6 is 7.29 Å². The van der Waals surface area contributed by atoms with Gasteiger partial charge in [0.15, 0.2) is 13.1 Å². The van der Waals surface area contributed by atoms with Crippen molar-refractivity contribution in [3.63, 3.8) is 0 Å². The van der Waals surface area contributed by atoms with Gasteiger partial charge >= 0.3 is 5.97 Å². The smallest absolute Gasteiger partial charge is 0.333 e. The number of nitrogens with zero attached hydrogens (tertiary/aromatic N) is 5. The second kappa shape index (κ2) is 13.7. The van der Waals surface area contributed by atoms with Crippen LogP contribution in [-0.2, 0) is 34.9 Å². The molecule has 1 heterocycles. The number of hydrogen-bond donors (Lipinski definition) is 0. The van der Waals surface area contributed by atoms with E-state index in [0.717, 1.165) is 5.56 Å². The minimum Gasteiger partial charge on any atom is -0.381 e. The summed E-state index contributed by atoms with van der Waals surface area (Å²) in [6, 6.07) is 7.17. The van der Waals surface area contributed by atoms with Crippen LogP contribution in [0.3, 0.4) is 0 Å². The summed E-state index contributed by atoms with van der Waals surface area (Å²) in [6.07, 6.45) is 0.434. The SMILES string of the molecule is CC(=O)c1ccc(CCN(C)P(=O)(CCOCCN=[N+]=[N-])CCC(=O)ON2C(=O)CCC2=O)cc1. The molecule has 0 N–H and O–H groups in total. The summed E-state index contributed by atoms with van der Waals surface area (Å²) in [6.45, 7) is 2.38. The molecule has 0 aliphatic carbocycles. The van der Waals surface area contributed by atoms with Crippen molar-refractivity contribution in [3.05, 3.63) is 45.8 Å². The average Bonchev–Trinajstić information content (AvgIpc) is 3.15. The van der Waals surface area contributed by atoms with Crippen LogP contribution in [0.4, 0.5) is 0 Å². The van der Waals surface area contributed by atoms with Crippen molar-refractivity contribution < 1.29 is 33.3 Å². The van der Waals surface area contributed by atoms with Gasteiger partial charge in [-0.3, -0.25) is 19.1 Å². The molecule has 0 radical (unpaired) electrons. The number of hydrogen-bond acceptors (Lipinski definition) is 8. The second-order valence-corrected chi connectivity index (χ2v) is 11.3. The number of carbonyl (C=O) groups excluding carboxylic acids is 4. The third kappa shape index (κ3) is 8.92. The number of rotatable bonds is 15. The third-order valence-corrected chi connectivity index (χ3v) is 8.80. The van der Waals surface area contributed by atoms with E-state index in [1.807, 2.05) is 12.1 Å². The Hall–Kier alpha value is -3.04. The standard InChI is InChI=1S/C22H30N5O7P/c1-17(28)19-5-3-18(4-6-19)9-12-26(2)35(32,16-14-33-13-11-24-25-23)15-10-22(31)34-27-20(29)7-8-21(27)30/h3-6H,7-16H2,1-2H3. The number of benzene rings is 1. The largest absolute Gasteiger partial charge is 0.381 e. The van der Waals surface area contributed by atoms with Gasteiger partial charge in [0, 0.05) is 48.7 Å². The van der Waals surface area contributed by atoms with Crippen LogP contribution in [0.5, 0.6) is 0 Å². The second-order valence-electron chi connectivity index (χ2n) is 8.04. The zero-order valence-electron chi connectivity index (χ0n) is 19.9. The summed E-state index contributed by atoms with van der Waals surface area (Å²) in [5.74, 6) is -1.99. The van der Waals surface area contributed by atoms with Gasteiger partial charge in [-0.1, -0.05) is 29.4 Å². The topological polar surface area (TPSA) is 159 Å². The van der Waals surface area contributed by atoms with E-state index in [9.17, 15) is 23.7 Å². The van der Waals surface area contributed by atoms with E-state index < -0.39 is 25.1 Å². The maximum absolute atomic E-state index is 13.8. The number of azide groups is 1. The number of Topliss-reactive ketones (excluding diaryl/α,β-unsaturated/α-hetero) is 1. The monoisotopic (exact) mass is 507 g/mol. The molecule has 1 aliphatic rings. The summed E-state index contributed by atoms with van der Waals surface area (Å²) >= 11 is 0. The predicted molar refractivity (Wildman–Crippen MR) is 127 cm³/mol. The Balaban J connectivity index is 1.98. The molecule has 0 aromatic heterocycles. The lowest BCUT2D eigenvalue weighted by Gasteiger charge is -2.28. The van der Waals surface area contributed by atoms with Gasteiger partial charge in [0.1, 0.15) is 0 Å². The van der Waals surface area contributed by atoms with E-state index in [-0.39, 0.29) is 57.1 Å². The molecule has 2 amide bonds. The van der Waals surface area contributed by atoms with Gasteiger partial charge < -0.3 is 14.1 Å². The fraction of sp³-hybridized carbons (Fsp3) is 0.545. The summed E-state index contributed by atoms with van der Waals surface area (Å²) in [4.78, 5) is 54.6. The van der Waals surface area contributed by atoms with Gasteiger partial charge in [-0.2, -0.15) is 0 Å². The summed E-state index contributed by atoms with van der Waals surface area (Å²) in [5.41, 5.74) is 9.90. The molecule has 0 spiro atoms. The van der Waals surface area contributed by atoms with Gasteiger partial charge in [-0.25, -0.2) is 4.79 Å². The van der Waals surface area contributed by atoms with Crippen LogP contribution in [0.1, 0.15) is 42.1 Å². The Kier molecular flexibility index (Phi) is 11.1. The van der Waals surface area contributed by atoms with Crippen LogP contribution in [0.15, 0.2) is 29.4 Å². The lowest BCUT2D eigenvalue weighted by atomic mass is 10.1. The van der Waals surface area contributed by atoms with Gasteiger partial charge in [0.25, 0.3) is 11.8 Å². The minimum atomic E-state index is -3.10. The van der Waals surface area contributed by atoms with E-state index in [4.69, 9.17) is 15.1 Å². The number of ketones is 1. The van der Waals surface area contributed by atoms with Crippen LogP contribution in [-0.4, -0.2) is 79.0 Å². The number of amides is 2. The number of imide groups is 1. The van der Waals surface area contributed by atoms with Crippen molar-refractivity contribution in [2.24, 2.45) is 5.11 Å². The first-order valence-corrected chi connectivity index (χ1v) is 13.2. The van der Waals surface area contributed by atoms with E-state index in [1.165, 1.54) is 6.92 Å². The molecule has 1 unspecified atom stereocenters. The van der Waals surface area contributed by atoms with Gasteiger partial charge in [0.2, 0.25) is 0 Å². The van der Waals surface area contributed by atoms with Gasteiger partial charge in [-0.15, -0.1) is 5.06 Å². The highest BCUT2D eigenvalue weighted by Crippen LogP contribution is 2.49. The van der Waals surface area contributed by atoms with Crippen LogP contribution in [0.25, 0.3) is 10.4 Å². The highest BCUT2D eigenvalue weighted by atomic mass is 31.2. The average molecular weight is 507 g/mol. The molecule has 190 valence electrons. The highest BCUT2D eigenvalue weighted by molar-refractivity contribution is 7.61. The number of likely N-dealkylation sites (N-methyl/N-ethyl adjacent to an activating group) is 1. The molecular weight excluding hydrogens is 477 g/mol. The molecular formula is C22H30N5O7P. The predicted octanol–water partition coefficient (Wildman–Crippen LogP) is 2.97. The molecule has 2 rings (SSSR count). The first-order chi connectivity index (χ1) is 16.7. The van der Waals surface area contributed by atoms with Crippen LogP contribution in [0.2, 0.25) is 0 Å². The zero-order valence-corrected chi connectivity index (χ0v) is 20.8. The summed E-state index contributed by atoms with van der Waals surface area (Å²) < 4.78 is 20.9. The summed E-state index contributed by atoms with van der Waals surface area (Å²) in [5, 5.41) is 3.85. The fourth-order valence-corrected chi connectivity index (χ4v) is 5.68. The number of ether oxygens (including phenoxy) is 1. The molecule has 35 heavy (non-hydrogen) atoms. The maximum Gasteiger partial charge on any atom is 0.333 e. The van der Waals surface area contributed by atoms with E-state index in [1.54, 1.807) is 23.9 Å². The van der Waals surface area contributed by atoms with Crippen molar-refractivity contribution in [2.45, 2.75) is 32.6 Å². The maximum atomic E-state index is 13.8. The van der Waals surface area contributed by atoms with E-state index in [0.29, 0.717) is 23.6 Å². The molecule has 1 fully saturated rings. The third-order valence-electron chi connectivity index (χ3n) is 5.55. The quantitative estimate of drug-likeness (QED) is 0.0666. The molecule has 0 saturated carbocycles. The van der Waals surface area contributed by atoms with Crippen molar-refractivity contribution in [1.82, 2.24) is 9.73 Å². The van der Waals surface area contributed by atoms with Crippen molar-refractivity contribution >= 4 is 30.9 Å². The normalized spacial score (nSPS) is 15.1. The molecule has 0 bridgehead atoms. The molecule has 13 heteroatoms. The van der Waals surface area contributed by atoms with Crippen LogP contribution < -0.4 is 0 Å². The van der Waals surface area contributed by atoms with Crippen LogP contribution in [0, 0.1) is 0 Å². The molecule has 12 nitrogen and oxygen atoms in total. The minimum absolute atomic E-state index is 0.00603. The van der Waals surface area contributed by atoms with Gasteiger partial charge in [-0.05, 0) is 31.5 Å². The van der Waals surface area contributed by atoms with Crippen molar-refractivity contribution in [3.8, 4) is 0 Å². The van der Waals surface area contributed by atoms with E-state index >= 15 is 0 Å².